The molecule has 1 unspecified atom stereocenters. The van der Waals surface area contributed by atoms with Gasteiger partial charge in [0.05, 0.1) is 25.9 Å². The van der Waals surface area contributed by atoms with Crippen molar-refractivity contribution in [1.29, 1.82) is 5.26 Å². The van der Waals surface area contributed by atoms with Crippen LogP contribution < -0.4 is 5.32 Å². The van der Waals surface area contributed by atoms with Gasteiger partial charge >= 0.3 is 0 Å². The van der Waals surface area contributed by atoms with Crippen molar-refractivity contribution in [1.82, 2.24) is 5.32 Å². The zero-order valence-corrected chi connectivity index (χ0v) is 9.37. The number of ether oxygens (including phenoxy) is 2. The Morgan fingerprint density at radius 3 is 2.67 bits per heavy atom. The monoisotopic (exact) mass is 212 g/mol. The fraction of sp³-hybridized carbons (Fsp3) is 0.909. The standard InChI is InChI=1S/C11H20N2O2/c1-2-5-14-6-7-15-9-11(8-12)13-10-3-4-10/h10-11,13H,2-7,9H2,1H3. The Hall–Kier alpha value is -0.630. The molecule has 0 heterocycles. The Bertz CT molecular complexity index is 199. The maximum Gasteiger partial charge on any atom is 0.119 e. The topological polar surface area (TPSA) is 54.3 Å². The van der Waals surface area contributed by atoms with Crippen molar-refractivity contribution in [3.63, 3.8) is 0 Å². The summed E-state index contributed by atoms with van der Waals surface area (Å²) in [7, 11) is 0. The van der Waals surface area contributed by atoms with E-state index in [0.29, 0.717) is 25.9 Å². The highest BCUT2D eigenvalue weighted by atomic mass is 16.5. The van der Waals surface area contributed by atoms with E-state index in [2.05, 4.69) is 18.3 Å². The predicted octanol–water partition coefficient (Wildman–Crippen LogP) is 1.07. The molecule has 0 aliphatic heterocycles. The predicted molar refractivity (Wildman–Crippen MR) is 57.5 cm³/mol. The third-order valence-electron chi connectivity index (χ3n) is 2.18. The Kier molecular flexibility index (Phi) is 6.33. The van der Waals surface area contributed by atoms with Crippen molar-refractivity contribution in [2.24, 2.45) is 0 Å². The van der Waals surface area contributed by atoms with Crippen molar-refractivity contribution in [2.75, 3.05) is 26.4 Å². The Balaban J connectivity index is 1.90. The number of hydrogen-bond donors (Lipinski definition) is 1. The summed E-state index contributed by atoms with van der Waals surface area (Å²) in [6.45, 7) is 4.51. The molecule has 86 valence electrons. The second-order valence-corrected chi connectivity index (χ2v) is 3.81. The van der Waals surface area contributed by atoms with E-state index in [1.54, 1.807) is 0 Å². The highest BCUT2D eigenvalue weighted by Crippen LogP contribution is 2.19. The first-order valence-corrected chi connectivity index (χ1v) is 5.68. The first-order valence-electron chi connectivity index (χ1n) is 5.68. The van der Waals surface area contributed by atoms with Gasteiger partial charge in [-0.2, -0.15) is 5.26 Å². The maximum absolute atomic E-state index is 8.82. The van der Waals surface area contributed by atoms with E-state index in [-0.39, 0.29) is 6.04 Å². The largest absolute Gasteiger partial charge is 0.379 e. The van der Waals surface area contributed by atoms with Crippen LogP contribution in [-0.2, 0) is 9.47 Å². The summed E-state index contributed by atoms with van der Waals surface area (Å²) in [5.74, 6) is 0. The smallest absolute Gasteiger partial charge is 0.119 e. The summed E-state index contributed by atoms with van der Waals surface area (Å²) in [6.07, 6.45) is 3.42. The lowest BCUT2D eigenvalue weighted by molar-refractivity contribution is 0.0439. The minimum atomic E-state index is -0.163. The molecule has 4 heteroatoms. The second-order valence-electron chi connectivity index (χ2n) is 3.81. The maximum atomic E-state index is 8.82. The van der Waals surface area contributed by atoms with Crippen molar-refractivity contribution in [3.8, 4) is 6.07 Å². The third-order valence-corrected chi connectivity index (χ3v) is 2.18. The lowest BCUT2D eigenvalue weighted by Gasteiger charge is -2.11. The molecule has 0 aromatic carbocycles. The van der Waals surface area contributed by atoms with Gasteiger partial charge in [-0.25, -0.2) is 0 Å². The first kappa shape index (κ1) is 12.4. The first-order chi connectivity index (χ1) is 7.36. The van der Waals surface area contributed by atoms with Crippen molar-refractivity contribution in [2.45, 2.75) is 38.3 Å². The molecule has 0 saturated heterocycles. The third kappa shape index (κ3) is 6.45. The highest BCUT2D eigenvalue weighted by molar-refractivity contribution is 4.95. The van der Waals surface area contributed by atoms with Gasteiger partial charge in [-0.05, 0) is 19.3 Å². The van der Waals surface area contributed by atoms with E-state index in [0.717, 1.165) is 13.0 Å². The molecule has 0 aromatic heterocycles. The van der Waals surface area contributed by atoms with Crippen LogP contribution in [0.2, 0.25) is 0 Å². The van der Waals surface area contributed by atoms with E-state index in [9.17, 15) is 0 Å². The van der Waals surface area contributed by atoms with Gasteiger partial charge in [0.1, 0.15) is 6.04 Å². The number of rotatable bonds is 9. The Morgan fingerprint density at radius 1 is 1.33 bits per heavy atom. The molecule has 1 saturated carbocycles. The van der Waals surface area contributed by atoms with Gasteiger partial charge in [0.2, 0.25) is 0 Å². The summed E-state index contributed by atoms with van der Waals surface area (Å²) >= 11 is 0. The molecule has 0 aromatic rings. The van der Waals surface area contributed by atoms with Crippen LogP contribution in [0.25, 0.3) is 0 Å². The molecule has 1 fully saturated rings. The average Bonchev–Trinajstić information content (AvgIpc) is 3.05. The van der Waals surface area contributed by atoms with Crippen molar-refractivity contribution in [3.05, 3.63) is 0 Å². The average molecular weight is 212 g/mol. The van der Waals surface area contributed by atoms with Gasteiger partial charge in [0, 0.05) is 12.6 Å². The normalized spacial score (nSPS) is 17.3. The van der Waals surface area contributed by atoms with Gasteiger partial charge in [-0.3, -0.25) is 5.32 Å². The molecule has 0 spiro atoms. The quantitative estimate of drug-likeness (QED) is 0.581. The molecule has 1 N–H and O–H groups in total. The van der Waals surface area contributed by atoms with Crippen LogP contribution in [0.4, 0.5) is 0 Å². The number of nitrogens with one attached hydrogen (secondary N) is 1. The molecule has 15 heavy (non-hydrogen) atoms. The van der Waals surface area contributed by atoms with E-state index >= 15 is 0 Å². The van der Waals surface area contributed by atoms with Gasteiger partial charge in [0.15, 0.2) is 0 Å². The van der Waals surface area contributed by atoms with E-state index < -0.39 is 0 Å². The second kappa shape index (κ2) is 7.63. The molecular weight excluding hydrogens is 192 g/mol. The van der Waals surface area contributed by atoms with Gasteiger partial charge in [-0.15, -0.1) is 0 Å². The molecule has 0 amide bonds. The lowest BCUT2D eigenvalue weighted by Crippen LogP contribution is -2.34. The lowest BCUT2D eigenvalue weighted by atomic mass is 10.3. The molecule has 1 aliphatic carbocycles. The zero-order valence-electron chi connectivity index (χ0n) is 9.37. The van der Waals surface area contributed by atoms with E-state index in [4.69, 9.17) is 14.7 Å². The molecule has 0 bridgehead atoms. The van der Waals surface area contributed by atoms with Crippen LogP contribution in [0.15, 0.2) is 0 Å². The van der Waals surface area contributed by atoms with Gasteiger partial charge in [0.25, 0.3) is 0 Å². The van der Waals surface area contributed by atoms with Gasteiger partial charge in [-0.1, -0.05) is 6.92 Å². The highest BCUT2D eigenvalue weighted by Gasteiger charge is 2.24. The number of hydrogen-bond acceptors (Lipinski definition) is 4. The van der Waals surface area contributed by atoms with Crippen LogP contribution in [0, 0.1) is 11.3 Å². The molecule has 1 atom stereocenters. The molecule has 1 aliphatic rings. The Labute approximate surface area is 91.6 Å². The summed E-state index contributed by atoms with van der Waals surface area (Å²) in [5.41, 5.74) is 0. The fourth-order valence-corrected chi connectivity index (χ4v) is 1.22. The summed E-state index contributed by atoms with van der Waals surface area (Å²) in [6, 6.07) is 2.59. The van der Waals surface area contributed by atoms with Crippen LogP contribution >= 0.6 is 0 Å². The van der Waals surface area contributed by atoms with Crippen LogP contribution in [0.3, 0.4) is 0 Å². The number of nitriles is 1. The minimum absolute atomic E-state index is 0.163. The molecular formula is C11H20N2O2. The Morgan fingerprint density at radius 2 is 2.07 bits per heavy atom. The molecule has 0 radical (unpaired) electrons. The fourth-order valence-electron chi connectivity index (χ4n) is 1.22. The van der Waals surface area contributed by atoms with Gasteiger partial charge < -0.3 is 9.47 Å². The van der Waals surface area contributed by atoms with Crippen molar-refractivity contribution >= 4 is 0 Å². The van der Waals surface area contributed by atoms with E-state index in [1.807, 2.05) is 0 Å². The summed E-state index contributed by atoms with van der Waals surface area (Å²) < 4.78 is 10.6. The zero-order chi connectivity index (χ0) is 10.9. The van der Waals surface area contributed by atoms with Crippen LogP contribution in [0.5, 0.6) is 0 Å². The molecule has 4 nitrogen and oxygen atoms in total. The summed E-state index contributed by atoms with van der Waals surface area (Å²) in [5, 5.41) is 12.0. The number of nitrogens with zero attached hydrogens (tertiary/aromatic N) is 1. The van der Waals surface area contributed by atoms with E-state index in [1.165, 1.54) is 12.8 Å². The molecule has 1 rings (SSSR count). The summed E-state index contributed by atoms with van der Waals surface area (Å²) in [4.78, 5) is 0. The SMILES string of the molecule is CCCOCCOCC(C#N)NC1CC1. The van der Waals surface area contributed by atoms with Crippen molar-refractivity contribution < 1.29 is 9.47 Å². The van der Waals surface area contributed by atoms with Crippen LogP contribution in [0.1, 0.15) is 26.2 Å². The van der Waals surface area contributed by atoms with Crippen LogP contribution in [-0.4, -0.2) is 38.5 Å². The minimum Gasteiger partial charge on any atom is -0.379 e.